The van der Waals surface area contributed by atoms with Crippen molar-refractivity contribution in [3.63, 3.8) is 0 Å². The molecule has 2 heterocycles. The molecular formula is C13H19ClN4O2. The lowest BCUT2D eigenvalue weighted by molar-refractivity contribution is -0.122. The number of halogens is 1. The molecule has 7 heteroatoms. The number of nitrogens with zero attached hydrogens (tertiary/aromatic N) is 1. The lowest BCUT2D eigenvalue weighted by Gasteiger charge is -2.11. The summed E-state index contributed by atoms with van der Waals surface area (Å²) in [6.07, 6.45) is 5.05. The van der Waals surface area contributed by atoms with Crippen LogP contribution in [0.25, 0.3) is 0 Å². The maximum absolute atomic E-state index is 11.7. The van der Waals surface area contributed by atoms with Crippen molar-refractivity contribution in [1.29, 1.82) is 0 Å². The van der Waals surface area contributed by atoms with E-state index < -0.39 is 0 Å². The fraction of sp³-hybridized carbons (Fsp3) is 0.462. The fourth-order valence-corrected chi connectivity index (χ4v) is 1.99. The second kappa shape index (κ2) is 8.50. The van der Waals surface area contributed by atoms with Gasteiger partial charge in [-0.3, -0.25) is 14.6 Å². The van der Waals surface area contributed by atoms with Crippen molar-refractivity contribution in [1.82, 2.24) is 20.9 Å². The minimum atomic E-state index is -0.179. The molecule has 2 rings (SSSR count). The molecule has 110 valence electrons. The molecule has 0 saturated carbocycles. The van der Waals surface area contributed by atoms with E-state index in [4.69, 9.17) is 0 Å². The molecule has 0 radical (unpaired) electrons. The molecule has 0 aliphatic carbocycles. The van der Waals surface area contributed by atoms with Crippen molar-refractivity contribution >= 4 is 24.2 Å². The quantitative estimate of drug-likeness (QED) is 0.673. The molecule has 0 bridgehead atoms. The Labute approximate surface area is 124 Å². The summed E-state index contributed by atoms with van der Waals surface area (Å²) >= 11 is 0. The Hall–Kier alpha value is -1.66. The molecule has 1 fully saturated rings. The number of carbonyl (C=O) groups is 2. The second-order valence-electron chi connectivity index (χ2n) is 4.44. The number of carbonyl (C=O) groups excluding carboxylic acids is 2. The third-order valence-corrected chi connectivity index (χ3v) is 3.01. The van der Waals surface area contributed by atoms with E-state index in [1.54, 1.807) is 18.3 Å². The molecule has 1 atom stereocenters. The van der Waals surface area contributed by atoms with Gasteiger partial charge in [0.1, 0.15) is 0 Å². The molecule has 1 aromatic rings. The van der Waals surface area contributed by atoms with E-state index in [9.17, 15) is 9.59 Å². The normalized spacial score (nSPS) is 17.1. The summed E-state index contributed by atoms with van der Waals surface area (Å²) in [6, 6.07) is 3.33. The average molecular weight is 299 g/mol. The monoisotopic (exact) mass is 298 g/mol. The van der Waals surface area contributed by atoms with Gasteiger partial charge >= 0.3 is 0 Å². The zero-order valence-electron chi connectivity index (χ0n) is 11.1. The Kier molecular flexibility index (Phi) is 6.97. The van der Waals surface area contributed by atoms with Gasteiger partial charge in [0, 0.05) is 25.5 Å². The third kappa shape index (κ3) is 4.79. The van der Waals surface area contributed by atoms with Crippen molar-refractivity contribution in [3.05, 3.63) is 30.1 Å². The van der Waals surface area contributed by atoms with Crippen molar-refractivity contribution in [3.8, 4) is 0 Å². The smallest absolute Gasteiger partial charge is 0.252 e. The van der Waals surface area contributed by atoms with Gasteiger partial charge in [-0.2, -0.15) is 0 Å². The van der Waals surface area contributed by atoms with E-state index in [1.807, 2.05) is 0 Å². The average Bonchev–Trinajstić information content (AvgIpc) is 2.98. The maximum Gasteiger partial charge on any atom is 0.252 e. The molecule has 6 nitrogen and oxygen atoms in total. The predicted molar refractivity (Wildman–Crippen MR) is 77.9 cm³/mol. The fourth-order valence-electron chi connectivity index (χ4n) is 1.99. The van der Waals surface area contributed by atoms with Crippen LogP contribution in [0, 0.1) is 0 Å². The summed E-state index contributed by atoms with van der Waals surface area (Å²) in [5.41, 5.74) is 0.520. The minimum absolute atomic E-state index is 0. The number of pyridine rings is 1. The molecular weight excluding hydrogens is 280 g/mol. The summed E-state index contributed by atoms with van der Waals surface area (Å²) in [5, 5.41) is 8.65. The first-order valence-corrected chi connectivity index (χ1v) is 6.46. The Morgan fingerprint density at radius 2 is 2.15 bits per heavy atom. The molecule has 1 saturated heterocycles. The number of nitrogens with one attached hydrogen (secondary N) is 3. The van der Waals surface area contributed by atoms with Gasteiger partial charge in [0.2, 0.25) is 5.91 Å². The van der Waals surface area contributed by atoms with Gasteiger partial charge in [-0.25, -0.2) is 0 Å². The van der Waals surface area contributed by atoms with Crippen LogP contribution in [0.4, 0.5) is 0 Å². The summed E-state index contributed by atoms with van der Waals surface area (Å²) in [5.74, 6) is -0.172. The van der Waals surface area contributed by atoms with Crippen LogP contribution in [-0.2, 0) is 4.79 Å². The number of aromatic nitrogens is 1. The van der Waals surface area contributed by atoms with Crippen molar-refractivity contribution in [2.45, 2.75) is 18.9 Å². The Morgan fingerprint density at radius 3 is 2.80 bits per heavy atom. The molecule has 0 aromatic carbocycles. The van der Waals surface area contributed by atoms with Gasteiger partial charge in [0.25, 0.3) is 5.91 Å². The first-order chi connectivity index (χ1) is 9.27. The van der Waals surface area contributed by atoms with Crippen molar-refractivity contribution in [2.75, 3.05) is 19.6 Å². The topological polar surface area (TPSA) is 83.1 Å². The van der Waals surface area contributed by atoms with E-state index in [0.717, 1.165) is 19.4 Å². The van der Waals surface area contributed by atoms with Gasteiger partial charge in [0.05, 0.1) is 11.6 Å². The number of hydrogen-bond acceptors (Lipinski definition) is 4. The van der Waals surface area contributed by atoms with E-state index in [-0.39, 0.29) is 30.3 Å². The van der Waals surface area contributed by atoms with Crippen LogP contribution in [0.3, 0.4) is 0 Å². The summed E-state index contributed by atoms with van der Waals surface area (Å²) in [7, 11) is 0. The Bertz CT molecular complexity index is 435. The van der Waals surface area contributed by atoms with Crippen molar-refractivity contribution in [2.24, 2.45) is 0 Å². The standard InChI is InChI=1S/C13H18N4O2.ClH/c18-12(10-3-1-5-14-9-10)16-7-8-17-13(19)11-4-2-6-15-11;/h1,3,5,9,11,15H,2,4,6-8H2,(H,16,18)(H,17,19);1H. The van der Waals surface area contributed by atoms with Gasteiger partial charge < -0.3 is 16.0 Å². The molecule has 3 N–H and O–H groups in total. The van der Waals surface area contributed by atoms with Crippen LogP contribution >= 0.6 is 12.4 Å². The molecule has 0 spiro atoms. The van der Waals surface area contributed by atoms with Crippen LogP contribution < -0.4 is 16.0 Å². The highest BCUT2D eigenvalue weighted by molar-refractivity contribution is 5.93. The minimum Gasteiger partial charge on any atom is -0.353 e. The lowest BCUT2D eigenvalue weighted by Crippen LogP contribution is -2.43. The number of rotatable bonds is 5. The van der Waals surface area contributed by atoms with Crippen molar-refractivity contribution < 1.29 is 9.59 Å². The highest BCUT2D eigenvalue weighted by Gasteiger charge is 2.21. The molecule has 1 aromatic heterocycles. The largest absolute Gasteiger partial charge is 0.353 e. The van der Waals surface area contributed by atoms with Crippen LogP contribution in [-0.4, -0.2) is 42.5 Å². The van der Waals surface area contributed by atoms with Gasteiger partial charge in [-0.15, -0.1) is 12.4 Å². The Balaban J connectivity index is 0.00000200. The first kappa shape index (κ1) is 16.4. The highest BCUT2D eigenvalue weighted by atomic mass is 35.5. The zero-order valence-corrected chi connectivity index (χ0v) is 11.9. The van der Waals surface area contributed by atoms with E-state index in [2.05, 4.69) is 20.9 Å². The van der Waals surface area contributed by atoms with E-state index in [0.29, 0.717) is 18.7 Å². The highest BCUT2D eigenvalue weighted by Crippen LogP contribution is 2.03. The third-order valence-electron chi connectivity index (χ3n) is 3.01. The molecule has 1 unspecified atom stereocenters. The van der Waals surface area contributed by atoms with Crippen LogP contribution in [0.15, 0.2) is 24.5 Å². The zero-order chi connectivity index (χ0) is 13.5. The molecule has 1 aliphatic rings. The summed E-state index contributed by atoms with van der Waals surface area (Å²) in [4.78, 5) is 27.2. The first-order valence-electron chi connectivity index (χ1n) is 6.46. The summed E-state index contributed by atoms with van der Waals surface area (Å²) < 4.78 is 0. The van der Waals surface area contributed by atoms with E-state index >= 15 is 0 Å². The van der Waals surface area contributed by atoms with Crippen LogP contribution in [0.1, 0.15) is 23.2 Å². The SMILES string of the molecule is Cl.O=C(NCCNC(=O)C1CCCN1)c1cccnc1. The molecule has 20 heavy (non-hydrogen) atoms. The van der Waals surface area contributed by atoms with Crippen LogP contribution in [0.2, 0.25) is 0 Å². The van der Waals surface area contributed by atoms with Gasteiger partial charge in [-0.1, -0.05) is 0 Å². The van der Waals surface area contributed by atoms with Gasteiger partial charge in [0.15, 0.2) is 0 Å². The second-order valence-corrected chi connectivity index (χ2v) is 4.44. The maximum atomic E-state index is 11.7. The number of hydrogen-bond donors (Lipinski definition) is 3. The Morgan fingerprint density at radius 1 is 1.35 bits per heavy atom. The summed E-state index contributed by atoms with van der Waals surface area (Å²) in [6.45, 7) is 1.74. The predicted octanol–water partition coefficient (Wildman–Crippen LogP) is 0.101. The molecule has 2 amide bonds. The van der Waals surface area contributed by atoms with Crippen LogP contribution in [0.5, 0.6) is 0 Å². The number of amides is 2. The van der Waals surface area contributed by atoms with Gasteiger partial charge in [-0.05, 0) is 31.5 Å². The van der Waals surface area contributed by atoms with E-state index in [1.165, 1.54) is 6.20 Å². The lowest BCUT2D eigenvalue weighted by atomic mass is 10.2. The molecule has 1 aliphatic heterocycles.